The Kier molecular flexibility index (Phi) is 9.10. The highest BCUT2D eigenvalue weighted by atomic mass is 16.5. The van der Waals surface area contributed by atoms with Gasteiger partial charge in [0, 0.05) is 18.3 Å². The van der Waals surface area contributed by atoms with Crippen LogP contribution in [0.2, 0.25) is 0 Å². The maximum absolute atomic E-state index is 12.8. The number of ketones is 1. The average molecular weight is 559 g/mol. The maximum atomic E-state index is 12.8. The first kappa shape index (κ1) is 30.3. The second kappa shape index (κ2) is 12.0. The summed E-state index contributed by atoms with van der Waals surface area (Å²) in [4.78, 5) is 60.9. The van der Waals surface area contributed by atoms with Gasteiger partial charge in [-0.2, -0.15) is 0 Å². The molecule has 0 aromatic carbocycles. The van der Waals surface area contributed by atoms with E-state index in [-0.39, 0.29) is 35.6 Å². The molecule has 222 valence electrons. The zero-order chi connectivity index (χ0) is 29.2. The van der Waals surface area contributed by atoms with Gasteiger partial charge in [-0.25, -0.2) is 4.79 Å². The Labute approximate surface area is 237 Å². The molecular weight excluding hydrogens is 512 g/mol. The molecule has 40 heavy (non-hydrogen) atoms. The summed E-state index contributed by atoms with van der Waals surface area (Å²) >= 11 is 0. The third-order valence-electron chi connectivity index (χ3n) is 10.7. The van der Waals surface area contributed by atoms with E-state index in [4.69, 9.17) is 4.74 Å². The van der Waals surface area contributed by atoms with E-state index < -0.39 is 35.8 Å². The van der Waals surface area contributed by atoms with E-state index in [1.165, 1.54) is 12.5 Å². The van der Waals surface area contributed by atoms with Gasteiger partial charge in [0.2, 0.25) is 11.8 Å². The minimum absolute atomic E-state index is 0.0721. The standard InChI is InChI=1S/C31H46N2O7/c1-5-6-24(29(38)39)33-28(37)18(2)32-26(35)11-12-27(36)40-25-10-9-22-21-8-7-19-17-20(34)13-15-30(19,3)23(21)14-16-31(22,25)4/h17-18,21-25H,5-16H2,1-4H3,(H,32,35)(H,33,37)(H,38,39)/t18-,21-,22-,23-,24+,25+,30-,31-/m0/s1. The number of hydrogen-bond acceptors (Lipinski definition) is 6. The van der Waals surface area contributed by atoms with Crippen LogP contribution in [0.4, 0.5) is 0 Å². The molecule has 4 aliphatic rings. The second-order valence-corrected chi connectivity index (χ2v) is 13.0. The largest absolute Gasteiger partial charge is 0.480 e. The van der Waals surface area contributed by atoms with Crippen molar-refractivity contribution in [1.29, 1.82) is 0 Å². The van der Waals surface area contributed by atoms with Crippen LogP contribution in [0.15, 0.2) is 11.6 Å². The van der Waals surface area contributed by atoms with Crippen molar-refractivity contribution in [3.63, 3.8) is 0 Å². The van der Waals surface area contributed by atoms with Gasteiger partial charge < -0.3 is 20.5 Å². The number of ether oxygens (including phenoxy) is 1. The first-order valence-electron chi connectivity index (χ1n) is 15.1. The fourth-order valence-electron chi connectivity index (χ4n) is 8.36. The van der Waals surface area contributed by atoms with Crippen molar-refractivity contribution >= 4 is 29.5 Å². The predicted octanol–water partition coefficient (Wildman–Crippen LogP) is 4.08. The highest BCUT2D eigenvalue weighted by Crippen LogP contribution is 2.65. The Balaban J connectivity index is 1.27. The quantitative estimate of drug-likeness (QED) is 0.343. The number of amides is 2. The molecule has 0 saturated heterocycles. The van der Waals surface area contributed by atoms with E-state index in [1.54, 1.807) is 0 Å². The van der Waals surface area contributed by atoms with Gasteiger partial charge in [-0.15, -0.1) is 0 Å². The Bertz CT molecular complexity index is 1070. The summed E-state index contributed by atoms with van der Waals surface area (Å²) in [6, 6.07) is -1.91. The summed E-state index contributed by atoms with van der Waals surface area (Å²) in [7, 11) is 0. The molecule has 0 aliphatic heterocycles. The molecule has 0 unspecified atom stereocenters. The van der Waals surface area contributed by atoms with E-state index in [1.807, 2.05) is 13.0 Å². The van der Waals surface area contributed by atoms with Crippen LogP contribution in [0.25, 0.3) is 0 Å². The molecule has 3 saturated carbocycles. The molecule has 0 heterocycles. The number of rotatable bonds is 10. The fourth-order valence-corrected chi connectivity index (χ4v) is 8.36. The highest BCUT2D eigenvalue weighted by Gasteiger charge is 2.60. The number of carboxylic acid groups (broad SMARTS) is 1. The van der Waals surface area contributed by atoms with Gasteiger partial charge >= 0.3 is 11.9 Å². The Morgan fingerprint density at radius 1 is 1.02 bits per heavy atom. The van der Waals surface area contributed by atoms with Crippen LogP contribution in [-0.4, -0.2) is 52.8 Å². The zero-order valence-electron chi connectivity index (χ0n) is 24.4. The highest BCUT2D eigenvalue weighted by molar-refractivity contribution is 5.92. The zero-order valence-corrected chi connectivity index (χ0v) is 24.4. The van der Waals surface area contributed by atoms with Crippen molar-refractivity contribution < 1.29 is 33.8 Å². The summed E-state index contributed by atoms with van der Waals surface area (Å²) in [5.74, 6) is -0.633. The summed E-state index contributed by atoms with van der Waals surface area (Å²) < 4.78 is 6.00. The molecule has 0 aromatic heterocycles. The van der Waals surface area contributed by atoms with Crippen LogP contribution in [0, 0.1) is 28.6 Å². The van der Waals surface area contributed by atoms with Crippen LogP contribution in [0.3, 0.4) is 0 Å². The van der Waals surface area contributed by atoms with Gasteiger partial charge in [-0.3, -0.25) is 19.2 Å². The SMILES string of the molecule is CCC[C@@H](NC(=O)[C@H](C)NC(=O)CCC(=O)O[C@@H]1CC[C@H]2[C@@H]3CCC4=CC(=O)CC[C@]4(C)[C@H]3CC[C@]12C)C(=O)O. The monoisotopic (exact) mass is 558 g/mol. The molecule has 4 rings (SSSR count). The van der Waals surface area contributed by atoms with Crippen LogP contribution in [0.1, 0.15) is 105 Å². The molecular formula is C31H46N2O7. The van der Waals surface area contributed by atoms with Gasteiger partial charge in [0.25, 0.3) is 0 Å². The smallest absolute Gasteiger partial charge is 0.326 e. The van der Waals surface area contributed by atoms with Gasteiger partial charge in [-0.05, 0) is 87.5 Å². The Morgan fingerprint density at radius 2 is 1.77 bits per heavy atom. The number of esters is 1. The van der Waals surface area contributed by atoms with Crippen molar-refractivity contribution in [3.05, 3.63) is 11.6 Å². The molecule has 0 spiro atoms. The van der Waals surface area contributed by atoms with E-state index in [2.05, 4.69) is 24.5 Å². The van der Waals surface area contributed by atoms with Crippen LogP contribution >= 0.6 is 0 Å². The van der Waals surface area contributed by atoms with Crippen LogP contribution in [-0.2, 0) is 28.7 Å². The van der Waals surface area contributed by atoms with Crippen LogP contribution < -0.4 is 10.6 Å². The van der Waals surface area contributed by atoms with Gasteiger partial charge in [0.15, 0.2) is 5.78 Å². The number of fused-ring (bicyclic) bond motifs is 5. The average Bonchev–Trinajstić information content (AvgIpc) is 3.23. The lowest BCUT2D eigenvalue weighted by Gasteiger charge is -2.57. The lowest BCUT2D eigenvalue weighted by molar-refractivity contribution is -0.160. The number of carbonyl (C=O) groups excluding carboxylic acids is 4. The molecule has 9 heteroatoms. The third kappa shape index (κ3) is 5.98. The molecule has 0 aromatic rings. The molecule has 3 N–H and O–H groups in total. The first-order chi connectivity index (χ1) is 18.9. The molecule has 0 radical (unpaired) electrons. The number of carbonyl (C=O) groups is 5. The lowest BCUT2D eigenvalue weighted by atomic mass is 9.47. The maximum Gasteiger partial charge on any atom is 0.326 e. The predicted molar refractivity (Wildman–Crippen MR) is 148 cm³/mol. The first-order valence-corrected chi connectivity index (χ1v) is 15.1. The van der Waals surface area contributed by atoms with Crippen molar-refractivity contribution in [2.75, 3.05) is 0 Å². The normalized spacial score (nSPS) is 34.3. The van der Waals surface area contributed by atoms with Gasteiger partial charge in [0.05, 0.1) is 6.42 Å². The van der Waals surface area contributed by atoms with Crippen molar-refractivity contribution in [2.24, 2.45) is 28.6 Å². The van der Waals surface area contributed by atoms with Crippen molar-refractivity contribution in [2.45, 2.75) is 123 Å². The topological polar surface area (TPSA) is 139 Å². The summed E-state index contributed by atoms with van der Waals surface area (Å²) in [6.07, 6.45) is 10.1. The number of allylic oxidation sites excluding steroid dienone is 1. The second-order valence-electron chi connectivity index (χ2n) is 13.0. The summed E-state index contributed by atoms with van der Waals surface area (Å²) in [6.45, 7) is 7.95. The number of hydrogen-bond donors (Lipinski definition) is 3. The molecule has 4 aliphatic carbocycles. The minimum atomic E-state index is -1.11. The van der Waals surface area contributed by atoms with E-state index in [9.17, 15) is 29.1 Å². The van der Waals surface area contributed by atoms with Gasteiger partial charge in [0.1, 0.15) is 18.2 Å². The number of nitrogens with one attached hydrogen (secondary N) is 2. The van der Waals surface area contributed by atoms with E-state index in [0.29, 0.717) is 37.0 Å². The summed E-state index contributed by atoms with van der Waals surface area (Å²) in [5.41, 5.74) is 1.38. The number of aliphatic carboxylic acids is 1. The Morgan fingerprint density at radius 3 is 2.48 bits per heavy atom. The van der Waals surface area contributed by atoms with Crippen LogP contribution in [0.5, 0.6) is 0 Å². The molecule has 2 amide bonds. The fraction of sp³-hybridized carbons (Fsp3) is 0.774. The molecule has 3 fully saturated rings. The molecule has 8 atom stereocenters. The molecule has 9 nitrogen and oxygen atoms in total. The molecule has 0 bridgehead atoms. The lowest BCUT2D eigenvalue weighted by Crippen LogP contribution is -2.51. The van der Waals surface area contributed by atoms with Crippen molar-refractivity contribution in [1.82, 2.24) is 10.6 Å². The Hall–Kier alpha value is -2.71. The van der Waals surface area contributed by atoms with Gasteiger partial charge in [-0.1, -0.05) is 32.8 Å². The minimum Gasteiger partial charge on any atom is -0.480 e. The van der Waals surface area contributed by atoms with E-state index in [0.717, 1.165) is 44.9 Å². The third-order valence-corrected chi connectivity index (χ3v) is 10.7. The number of carboxylic acids is 1. The summed E-state index contributed by atoms with van der Waals surface area (Å²) in [5, 5.41) is 14.2. The van der Waals surface area contributed by atoms with E-state index >= 15 is 0 Å². The van der Waals surface area contributed by atoms with Crippen molar-refractivity contribution in [3.8, 4) is 0 Å².